The van der Waals surface area contributed by atoms with Gasteiger partial charge in [-0.2, -0.15) is 11.8 Å². The number of carbonyl (C=O) groups is 9. The molecule has 0 saturated carbocycles. The first-order valence-corrected chi connectivity index (χ1v) is 25.0. The molecule has 8 amide bonds. The number of hydrogen-bond donors (Lipinski definition) is 10. The molecule has 3 rings (SSSR count). The third-order valence-electron chi connectivity index (χ3n) is 10.0. The van der Waals surface area contributed by atoms with E-state index in [0.717, 1.165) is 49.6 Å². The number of carboxylic acid groups (broad SMARTS) is 2. The van der Waals surface area contributed by atoms with Crippen LogP contribution < -0.4 is 46.9 Å². The van der Waals surface area contributed by atoms with Crippen molar-refractivity contribution in [2.24, 2.45) is 0 Å². The van der Waals surface area contributed by atoms with Crippen molar-refractivity contribution in [1.82, 2.24) is 37.2 Å². The molecule has 23 heteroatoms. The Bertz CT molecular complexity index is 1740. The van der Waals surface area contributed by atoms with Crippen molar-refractivity contribution in [3.8, 4) is 0 Å². The van der Waals surface area contributed by atoms with Gasteiger partial charge in [-0.3, -0.25) is 24.0 Å². The quantitative estimate of drug-likeness (QED) is 0.0261. The van der Waals surface area contributed by atoms with Crippen LogP contribution in [0.2, 0.25) is 0 Å². The van der Waals surface area contributed by atoms with Crippen molar-refractivity contribution < 1.29 is 57.1 Å². The molecule has 2 saturated heterocycles. The monoisotopic (exact) mass is 982 g/mol. The minimum absolute atomic E-state index is 0.0198. The standard InChI is InChI=1S/C40H59AsN8O12S2/c50-31(10-3-1-7-19-43-32(51)11-6-5-9-30-37-28(23-63-30)48-40(60)49-37)42-20-8-2-4-12-33(52)46-27(39(58)59)17-18-34(53)47-29(38(57)44-21-36(55)56)22-62-24-35(54)45-26-15-13-25(41-61)14-16-26/h13-16,27-30,37H,1-12,17-24H2,(H,42,50)(H,43,51)(H,44,57)(H,45,54)(H,46,52)(H,47,53)(H,55,56)(H,58,59)(H2,48,49,60)/t27-,28-,29-,30-,37-/m0/s1. The van der Waals surface area contributed by atoms with Gasteiger partial charge in [0.1, 0.15) is 12.6 Å². The van der Waals surface area contributed by atoms with Gasteiger partial charge in [0.2, 0.25) is 17.7 Å². The molecule has 20 nitrogen and oxygen atoms in total. The first-order chi connectivity index (χ1) is 30.2. The summed E-state index contributed by atoms with van der Waals surface area (Å²) in [5, 5.41) is 40.4. The zero-order valence-corrected chi connectivity index (χ0v) is 38.6. The van der Waals surface area contributed by atoms with Gasteiger partial charge in [-0.15, -0.1) is 0 Å². The molecule has 0 bridgehead atoms. The number of anilines is 1. The number of benzene rings is 1. The number of nitrogens with one attached hydrogen (secondary N) is 8. The maximum absolute atomic E-state index is 12.8. The average Bonchev–Trinajstić information content (AvgIpc) is 3.81. The Morgan fingerprint density at radius 2 is 1.33 bits per heavy atom. The van der Waals surface area contributed by atoms with Crippen LogP contribution in [-0.2, 0) is 42.1 Å². The van der Waals surface area contributed by atoms with Crippen LogP contribution in [0.25, 0.3) is 0 Å². The number of fused-ring (bicyclic) bond motifs is 1. The van der Waals surface area contributed by atoms with Crippen LogP contribution in [0.5, 0.6) is 0 Å². The van der Waals surface area contributed by atoms with Crippen molar-refractivity contribution in [2.75, 3.05) is 42.2 Å². The first kappa shape index (κ1) is 52.7. The van der Waals surface area contributed by atoms with Crippen LogP contribution >= 0.6 is 23.5 Å². The summed E-state index contributed by atoms with van der Waals surface area (Å²) >= 11 is 1.66. The molecule has 2 aliphatic rings. The minimum atomic E-state index is -1.39. The van der Waals surface area contributed by atoms with Gasteiger partial charge in [0.25, 0.3) is 0 Å². The van der Waals surface area contributed by atoms with Gasteiger partial charge in [0, 0.05) is 49.8 Å². The van der Waals surface area contributed by atoms with Crippen LogP contribution in [0.1, 0.15) is 89.9 Å². The summed E-state index contributed by atoms with van der Waals surface area (Å²) < 4.78 is 11.7. The van der Waals surface area contributed by atoms with Gasteiger partial charge in [-0.1, -0.05) is 19.3 Å². The van der Waals surface area contributed by atoms with Crippen LogP contribution in [-0.4, -0.2) is 146 Å². The van der Waals surface area contributed by atoms with Gasteiger partial charge in [0.05, 0.1) is 12.1 Å². The van der Waals surface area contributed by atoms with Gasteiger partial charge >= 0.3 is 144 Å². The molecule has 1 aromatic rings. The predicted molar refractivity (Wildman–Crippen MR) is 237 cm³/mol. The molecule has 2 heterocycles. The SMILES string of the molecule is O=[As]c1ccc(NC(=O)CSC[C@H](NC(=O)CC[C@H](NC(=O)CCCCCNC(=O)CCCCCNC(=O)CCCC[C@@H]2SC[C@@H]3NC(=O)N[C@@H]32)C(=O)O)C(=O)NCC(=O)O)cc1. The summed E-state index contributed by atoms with van der Waals surface area (Å²) in [6.45, 7) is 0.273. The molecule has 0 unspecified atom stereocenters. The number of carbonyl (C=O) groups excluding carboxylic acids is 7. The van der Waals surface area contributed by atoms with E-state index in [1.807, 2.05) is 11.8 Å². The third kappa shape index (κ3) is 22.0. The summed E-state index contributed by atoms with van der Waals surface area (Å²) in [5.74, 6) is -4.52. The number of carboxylic acids is 2. The number of rotatable bonds is 32. The Hall–Kier alpha value is -4.69. The topological polar surface area (TPSA) is 307 Å². The molecule has 1 aromatic carbocycles. The second-order valence-electron chi connectivity index (χ2n) is 15.1. The van der Waals surface area contributed by atoms with E-state index in [1.165, 1.54) is 0 Å². The Morgan fingerprint density at radius 3 is 1.95 bits per heavy atom. The molecule has 0 radical (unpaired) electrons. The van der Waals surface area contributed by atoms with Crippen LogP contribution in [0, 0.1) is 0 Å². The van der Waals surface area contributed by atoms with Crippen molar-refractivity contribution in [3.63, 3.8) is 0 Å². The fraction of sp³-hybridized carbons (Fsp3) is 0.625. The van der Waals surface area contributed by atoms with Crippen LogP contribution in [0.4, 0.5) is 10.5 Å². The van der Waals surface area contributed by atoms with Crippen LogP contribution in [0.3, 0.4) is 0 Å². The number of urea groups is 1. The number of unbranched alkanes of at least 4 members (excludes halogenated alkanes) is 5. The number of thioether (sulfide) groups is 2. The summed E-state index contributed by atoms with van der Waals surface area (Å²) in [7, 11) is 0. The van der Waals surface area contributed by atoms with E-state index in [1.54, 1.807) is 24.3 Å². The van der Waals surface area contributed by atoms with Crippen LogP contribution in [0.15, 0.2) is 24.3 Å². The van der Waals surface area contributed by atoms with Crippen molar-refractivity contribution >= 4 is 103 Å². The van der Waals surface area contributed by atoms with Gasteiger partial charge in [0.15, 0.2) is 0 Å². The Morgan fingerprint density at radius 1 is 0.730 bits per heavy atom. The van der Waals surface area contributed by atoms with E-state index < -0.39 is 69.9 Å². The summed E-state index contributed by atoms with van der Waals surface area (Å²) in [5.41, 5.74) is 0.473. The fourth-order valence-electron chi connectivity index (χ4n) is 6.69. The second kappa shape index (κ2) is 29.6. The normalized spacial score (nSPS) is 17.3. The van der Waals surface area contributed by atoms with E-state index in [4.69, 9.17) is 5.11 Å². The predicted octanol–water partition coefficient (Wildman–Crippen LogP) is 0.148. The third-order valence-corrected chi connectivity index (χ3v) is 13.6. The molecule has 0 aromatic heterocycles. The molecule has 0 aliphatic carbocycles. The van der Waals surface area contributed by atoms with E-state index in [-0.39, 0.29) is 60.7 Å². The summed E-state index contributed by atoms with van der Waals surface area (Å²) in [6, 6.07) is 4.07. The van der Waals surface area contributed by atoms with Gasteiger partial charge in [-0.25, -0.2) is 9.59 Å². The van der Waals surface area contributed by atoms with Gasteiger partial charge < -0.3 is 36.8 Å². The molecule has 10 N–H and O–H groups in total. The second-order valence-corrected chi connectivity index (χ2v) is 18.9. The van der Waals surface area contributed by atoms with E-state index in [9.17, 15) is 52.0 Å². The fourth-order valence-corrected chi connectivity index (χ4v) is 9.65. The molecule has 2 aliphatic heterocycles. The zero-order valence-electron chi connectivity index (χ0n) is 35.1. The number of amides is 8. The Labute approximate surface area is 381 Å². The molecule has 0 spiro atoms. The number of hydrogen-bond acceptors (Lipinski definition) is 12. The summed E-state index contributed by atoms with van der Waals surface area (Å²) in [4.78, 5) is 109. The Balaban J connectivity index is 1.21. The Kier molecular flexibility index (Phi) is 24.8. The van der Waals surface area contributed by atoms with Crippen molar-refractivity contribution in [2.45, 2.75) is 119 Å². The average molecular weight is 983 g/mol. The zero-order chi connectivity index (χ0) is 46.0. The van der Waals surface area contributed by atoms with Crippen molar-refractivity contribution in [1.29, 1.82) is 0 Å². The maximum atomic E-state index is 12.8. The molecule has 348 valence electrons. The molecule has 63 heavy (non-hydrogen) atoms. The van der Waals surface area contributed by atoms with E-state index >= 15 is 0 Å². The summed E-state index contributed by atoms with van der Waals surface area (Å²) in [6.07, 6.45) is 6.79. The van der Waals surface area contributed by atoms with E-state index in [2.05, 4.69) is 42.5 Å². The molecular weight excluding hydrogens is 924 g/mol. The molecular formula is C40H59AsN8O12S2. The first-order valence-electron chi connectivity index (χ1n) is 21.1. The molecule has 5 atom stereocenters. The van der Waals surface area contributed by atoms with E-state index in [0.29, 0.717) is 66.9 Å². The molecule has 2 fully saturated rings. The van der Waals surface area contributed by atoms with Gasteiger partial charge in [-0.05, 0) is 44.9 Å². The van der Waals surface area contributed by atoms with Crippen molar-refractivity contribution in [3.05, 3.63) is 24.3 Å². The number of aliphatic carboxylic acids is 2.